The van der Waals surface area contributed by atoms with Crippen molar-refractivity contribution in [1.29, 1.82) is 0 Å². The van der Waals surface area contributed by atoms with Crippen LogP contribution in [0.15, 0.2) is 12.4 Å². The number of nitrogens with two attached hydrogens (primary N) is 1. The second kappa shape index (κ2) is 4.03. The van der Waals surface area contributed by atoms with Gasteiger partial charge in [-0.2, -0.15) is 0 Å². The molecule has 3 heterocycles. The van der Waals surface area contributed by atoms with Gasteiger partial charge in [0.1, 0.15) is 11.8 Å². The van der Waals surface area contributed by atoms with E-state index in [1.165, 1.54) is 47.3 Å². The second-order valence-corrected chi connectivity index (χ2v) is 5.95. The number of rotatable bonds is 1. The van der Waals surface area contributed by atoms with E-state index in [1.54, 1.807) is 0 Å². The quantitative estimate of drug-likeness (QED) is 0.712. The minimum absolute atomic E-state index is 0.449. The number of thiophene rings is 1. The van der Waals surface area contributed by atoms with Gasteiger partial charge in [-0.05, 0) is 37.3 Å². The number of fused-ring (bicyclic) bond motifs is 2. The van der Waals surface area contributed by atoms with Crippen LogP contribution in [0.3, 0.4) is 0 Å². The lowest BCUT2D eigenvalue weighted by Gasteiger charge is -2.08. The standard InChI is InChI=1S/C13H13N5S/c14-11-10-13(16-6-15-11)18-12(17-10)9-5-7-3-1-2-4-8(7)19-9/h5-6H,1-4H2,(H3,14,15,16,17,18). The van der Waals surface area contributed by atoms with Crippen LogP contribution in [0.2, 0.25) is 0 Å². The van der Waals surface area contributed by atoms with Gasteiger partial charge in [0, 0.05) is 4.88 Å². The summed E-state index contributed by atoms with van der Waals surface area (Å²) in [7, 11) is 0. The molecule has 0 fully saturated rings. The van der Waals surface area contributed by atoms with Crippen molar-refractivity contribution >= 4 is 28.3 Å². The number of H-pyrrole nitrogens is 1. The average molecular weight is 271 g/mol. The Balaban J connectivity index is 1.85. The molecule has 4 rings (SSSR count). The lowest BCUT2D eigenvalue weighted by molar-refractivity contribution is 0.697. The van der Waals surface area contributed by atoms with Gasteiger partial charge in [0.2, 0.25) is 0 Å². The predicted octanol–water partition coefficient (Wildman–Crippen LogP) is 2.54. The highest BCUT2D eigenvalue weighted by molar-refractivity contribution is 7.15. The summed E-state index contributed by atoms with van der Waals surface area (Å²) in [6.45, 7) is 0. The largest absolute Gasteiger partial charge is 0.382 e. The fraction of sp³-hybridized carbons (Fsp3) is 0.308. The lowest BCUT2D eigenvalue weighted by atomic mass is 9.99. The second-order valence-electron chi connectivity index (χ2n) is 4.81. The maximum atomic E-state index is 5.83. The van der Waals surface area contributed by atoms with Crippen LogP contribution in [0.4, 0.5) is 5.82 Å². The zero-order valence-corrected chi connectivity index (χ0v) is 11.1. The van der Waals surface area contributed by atoms with E-state index in [0.717, 1.165) is 11.3 Å². The van der Waals surface area contributed by atoms with Crippen LogP contribution in [0, 0.1) is 0 Å². The Hall–Kier alpha value is -1.95. The van der Waals surface area contributed by atoms with E-state index in [9.17, 15) is 0 Å². The summed E-state index contributed by atoms with van der Waals surface area (Å²) in [5.74, 6) is 1.30. The first-order chi connectivity index (χ1) is 9.31. The molecule has 0 bridgehead atoms. The van der Waals surface area contributed by atoms with Gasteiger partial charge in [0.15, 0.2) is 17.3 Å². The number of hydrogen-bond acceptors (Lipinski definition) is 5. The number of nitrogen functional groups attached to an aromatic ring is 1. The first kappa shape index (κ1) is 10.9. The number of nitrogens with zero attached hydrogens (tertiary/aromatic N) is 3. The molecule has 96 valence electrons. The average Bonchev–Trinajstić information content (AvgIpc) is 3.02. The van der Waals surface area contributed by atoms with Crippen LogP contribution in [-0.4, -0.2) is 19.9 Å². The Bertz CT molecular complexity index is 734. The van der Waals surface area contributed by atoms with Crippen LogP contribution in [-0.2, 0) is 12.8 Å². The minimum Gasteiger partial charge on any atom is -0.382 e. The SMILES string of the molecule is Nc1ncnc2nc(-c3cc4c(s3)CCCC4)[nH]c12. The molecule has 6 heteroatoms. The number of aryl methyl sites for hydroxylation is 2. The third kappa shape index (κ3) is 1.71. The van der Waals surface area contributed by atoms with Gasteiger partial charge in [0.05, 0.1) is 4.88 Å². The molecule has 1 aliphatic carbocycles. The molecule has 19 heavy (non-hydrogen) atoms. The Kier molecular flexibility index (Phi) is 2.32. The zero-order chi connectivity index (χ0) is 12.8. The van der Waals surface area contributed by atoms with Crippen molar-refractivity contribution < 1.29 is 0 Å². The Labute approximate surface area is 113 Å². The first-order valence-corrected chi connectivity index (χ1v) is 7.21. The predicted molar refractivity (Wildman–Crippen MR) is 76.1 cm³/mol. The molecule has 0 atom stereocenters. The van der Waals surface area contributed by atoms with Crippen LogP contribution in [0.5, 0.6) is 0 Å². The van der Waals surface area contributed by atoms with Gasteiger partial charge < -0.3 is 10.7 Å². The molecule has 0 saturated carbocycles. The van der Waals surface area contributed by atoms with E-state index >= 15 is 0 Å². The monoisotopic (exact) mass is 271 g/mol. The summed E-state index contributed by atoms with van der Waals surface area (Å²) < 4.78 is 0. The Morgan fingerprint density at radius 3 is 2.95 bits per heavy atom. The maximum absolute atomic E-state index is 5.83. The zero-order valence-electron chi connectivity index (χ0n) is 10.3. The molecule has 3 aromatic heterocycles. The highest BCUT2D eigenvalue weighted by atomic mass is 32.1. The molecular formula is C13H13N5S. The van der Waals surface area contributed by atoms with Crippen LogP contribution < -0.4 is 5.73 Å². The molecular weight excluding hydrogens is 258 g/mol. The lowest BCUT2D eigenvalue weighted by Crippen LogP contribution is -1.96. The molecule has 0 radical (unpaired) electrons. The van der Waals surface area contributed by atoms with Gasteiger partial charge >= 0.3 is 0 Å². The summed E-state index contributed by atoms with van der Waals surface area (Å²) in [4.78, 5) is 18.5. The molecule has 3 aromatic rings. The normalized spacial score (nSPS) is 14.7. The Morgan fingerprint density at radius 1 is 1.21 bits per heavy atom. The molecule has 1 aliphatic rings. The van der Waals surface area contributed by atoms with E-state index in [-0.39, 0.29) is 0 Å². The summed E-state index contributed by atoms with van der Waals surface area (Å²) in [5, 5.41) is 0. The maximum Gasteiger partial charge on any atom is 0.183 e. The molecule has 5 nitrogen and oxygen atoms in total. The fourth-order valence-electron chi connectivity index (χ4n) is 2.57. The van der Waals surface area contributed by atoms with Crippen molar-refractivity contribution in [1.82, 2.24) is 19.9 Å². The van der Waals surface area contributed by atoms with Gasteiger partial charge in [0.25, 0.3) is 0 Å². The van der Waals surface area contributed by atoms with Crippen molar-refractivity contribution in [2.24, 2.45) is 0 Å². The Morgan fingerprint density at radius 2 is 2.11 bits per heavy atom. The third-order valence-electron chi connectivity index (χ3n) is 3.55. The van der Waals surface area contributed by atoms with Crippen molar-refractivity contribution in [3.05, 3.63) is 22.8 Å². The highest BCUT2D eigenvalue weighted by Gasteiger charge is 2.16. The van der Waals surface area contributed by atoms with Crippen molar-refractivity contribution in [3.8, 4) is 10.7 Å². The molecule has 0 saturated heterocycles. The van der Waals surface area contributed by atoms with E-state index in [2.05, 4.69) is 26.0 Å². The summed E-state index contributed by atoms with van der Waals surface area (Å²) >= 11 is 1.83. The minimum atomic E-state index is 0.449. The molecule has 0 aromatic carbocycles. The van der Waals surface area contributed by atoms with Gasteiger partial charge in [-0.1, -0.05) is 0 Å². The van der Waals surface area contributed by atoms with Crippen molar-refractivity contribution in [2.75, 3.05) is 5.73 Å². The smallest absolute Gasteiger partial charge is 0.183 e. The number of aromatic amines is 1. The molecule has 0 spiro atoms. The highest BCUT2D eigenvalue weighted by Crippen LogP contribution is 2.35. The summed E-state index contributed by atoms with van der Waals surface area (Å²) in [6.07, 6.45) is 6.42. The number of aromatic nitrogens is 4. The molecule has 3 N–H and O–H groups in total. The first-order valence-electron chi connectivity index (χ1n) is 6.39. The summed E-state index contributed by atoms with van der Waals surface area (Å²) in [5.41, 5.74) is 8.66. The van der Waals surface area contributed by atoms with Gasteiger partial charge in [-0.25, -0.2) is 15.0 Å². The fourth-order valence-corrected chi connectivity index (χ4v) is 3.77. The van der Waals surface area contributed by atoms with E-state index < -0.39 is 0 Å². The van der Waals surface area contributed by atoms with Crippen molar-refractivity contribution in [2.45, 2.75) is 25.7 Å². The van der Waals surface area contributed by atoms with Crippen LogP contribution in [0.25, 0.3) is 21.9 Å². The molecule has 0 amide bonds. The number of nitrogens with one attached hydrogen (secondary N) is 1. The van der Waals surface area contributed by atoms with Crippen molar-refractivity contribution in [3.63, 3.8) is 0 Å². The van der Waals surface area contributed by atoms with Crippen LogP contribution in [0.1, 0.15) is 23.3 Å². The van der Waals surface area contributed by atoms with Gasteiger partial charge in [-0.15, -0.1) is 11.3 Å². The van der Waals surface area contributed by atoms with E-state index in [4.69, 9.17) is 5.73 Å². The third-order valence-corrected chi connectivity index (χ3v) is 4.79. The van der Waals surface area contributed by atoms with E-state index in [1.807, 2.05) is 11.3 Å². The molecule has 0 unspecified atom stereocenters. The van der Waals surface area contributed by atoms with E-state index in [0.29, 0.717) is 11.5 Å². The molecule has 0 aliphatic heterocycles. The topological polar surface area (TPSA) is 80.5 Å². The summed E-state index contributed by atoms with van der Waals surface area (Å²) in [6, 6.07) is 2.25. The van der Waals surface area contributed by atoms with Crippen LogP contribution >= 0.6 is 11.3 Å². The van der Waals surface area contributed by atoms with Gasteiger partial charge in [-0.3, -0.25) is 0 Å². The number of imidazole rings is 1. The number of hydrogen-bond donors (Lipinski definition) is 2. The number of anilines is 1.